The van der Waals surface area contributed by atoms with Crippen molar-refractivity contribution < 1.29 is 24.2 Å². The van der Waals surface area contributed by atoms with Gasteiger partial charge in [-0.3, -0.25) is 0 Å². The van der Waals surface area contributed by atoms with Gasteiger partial charge in [-0.25, -0.2) is 9.59 Å². The summed E-state index contributed by atoms with van der Waals surface area (Å²) in [6.45, 7) is 11.7. The molecule has 49 heavy (non-hydrogen) atoms. The van der Waals surface area contributed by atoms with Gasteiger partial charge in [0.2, 0.25) is 0 Å². The molecule has 1 fully saturated rings. The summed E-state index contributed by atoms with van der Waals surface area (Å²) in [5.74, 6) is 1.87. The van der Waals surface area contributed by atoms with Crippen LogP contribution in [0, 0.1) is 23.7 Å². The molecule has 2 atom stereocenters. The van der Waals surface area contributed by atoms with Crippen LogP contribution in [0.4, 0.5) is 0 Å². The van der Waals surface area contributed by atoms with Gasteiger partial charge in [-0.15, -0.1) is 0 Å². The first-order chi connectivity index (χ1) is 23.8. The minimum atomic E-state index is -0.548. The molecule has 0 amide bonds. The normalized spacial score (nSPS) is 20.0. The summed E-state index contributed by atoms with van der Waals surface area (Å²) in [6, 6.07) is 14.1. The summed E-state index contributed by atoms with van der Waals surface area (Å²) in [4.78, 5) is 24.0. The monoisotopic (exact) mass is 670 g/mol. The highest BCUT2D eigenvalue weighted by Crippen LogP contribution is 2.42. The maximum Gasteiger partial charge on any atom is 0.335 e. The molecule has 2 aliphatic carbocycles. The second kappa shape index (κ2) is 20.5. The summed E-state index contributed by atoms with van der Waals surface area (Å²) in [5.41, 5.74) is 4.96. The number of hydrogen-bond donors (Lipinski definition) is 1. The Morgan fingerprint density at radius 3 is 2.16 bits per heavy atom. The molecule has 1 N–H and O–H groups in total. The number of fused-ring (bicyclic) bond motifs is 1. The first-order valence-electron chi connectivity index (χ1n) is 19.3. The predicted molar refractivity (Wildman–Crippen MR) is 202 cm³/mol. The van der Waals surface area contributed by atoms with Gasteiger partial charge in [0.15, 0.2) is 0 Å². The average molecular weight is 671 g/mol. The molecular weight excluding hydrogens is 608 g/mol. The van der Waals surface area contributed by atoms with E-state index in [4.69, 9.17) is 14.6 Å². The lowest BCUT2D eigenvalue weighted by atomic mass is 9.70. The molecule has 5 heteroatoms. The molecule has 0 radical (unpaired) electrons. The number of carbonyl (C=O) groups is 2. The SMILES string of the molecule is C=C(CC)C(=O)OCCC(CCCC1CCC(C2CC=C(c3ccc4cc(CCCCC)ccc4c3)CC2)CC1)CCOC(=O)C(=C)CO. The molecule has 2 aliphatic rings. The van der Waals surface area contributed by atoms with E-state index < -0.39 is 12.6 Å². The fourth-order valence-corrected chi connectivity index (χ4v) is 7.90. The van der Waals surface area contributed by atoms with E-state index >= 15 is 0 Å². The van der Waals surface area contributed by atoms with Gasteiger partial charge < -0.3 is 14.6 Å². The van der Waals surface area contributed by atoms with Crippen molar-refractivity contribution in [2.75, 3.05) is 19.8 Å². The number of hydrogen-bond acceptors (Lipinski definition) is 5. The van der Waals surface area contributed by atoms with E-state index in [0.717, 1.165) is 37.0 Å². The number of esters is 2. The Morgan fingerprint density at radius 2 is 1.51 bits per heavy atom. The van der Waals surface area contributed by atoms with Crippen molar-refractivity contribution in [1.82, 2.24) is 0 Å². The lowest BCUT2D eigenvalue weighted by Gasteiger charge is -2.35. The van der Waals surface area contributed by atoms with Gasteiger partial charge in [0, 0.05) is 5.57 Å². The zero-order valence-electron chi connectivity index (χ0n) is 30.5. The molecule has 268 valence electrons. The van der Waals surface area contributed by atoms with Crippen molar-refractivity contribution in [3.63, 3.8) is 0 Å². The lowest BCUT2D eigenvalue weighted by Crippen LogP contribution is -2.23. The molecular formula is C44H62O5. The standard InChI is InChI=1S/C44H62O5/c1-5-7-8-10-36-15-18-42-30-41(24-23-40(42)29-36)39-21-19-38(20-22-39)37-16-13-34(14-17-37)11-9-12-35(25-27-48-43(46)32(3)6-2)26-28-49-44(47)33(4)31-45/h15,18,21,23-24,29-30,34-35,37-38,45H,3-14,16-17,19-20,22,25-28,31H2,1-2H3. The van der Waals surface area contributed by atoms with Crippen LogP contribution in [-0.2, 0) is 25.5 Å². The second-order valence-electron chi connectivity index (χ2n) is 14.8. The number of benzene rings is 2. The predicted octanol–water partition coefficient (Wildman–Crippen LogP) is 10.7. The third kappa shape index (κ3) is 12.3. The Kier molecular flexibility index (Phi) is 16.1. The lowest BCUT2D eigenvalue weighted by molar-refractivity contribution is -0.139. The van der Waals surface area contributed by atoms with Crippen molar-refractivity contribution in [3.05, 3.63) is 77.9 Å². The molecule has 0 heterocycles. The van der Waals surface area contributed by atoms with Gasteiger partial charge in [-0.1, -0.05) is 108 Å². The van der Waals surface area contributed by atoms with Crippen LogP contribution in [0.5, 0.6) is 0 Å². The van der Waals surface area contributed by atoms with E-state index in [1.54, 1.807) is 0 Å². The summed E-state index contributed by atoms with van der Waals surface area (Å²) in [6.07, 6.45) is 22.1. The largest absolute Gasteiger partial charge is 0.462 e. The van der Waals surface area contributed by atoms with Crippen molar-refractivity contribution >= 4 is 28.3 Å². The summed E-state index contributed by atoms with van der Waals surface area (Å²) >= 11 is 0. The quantitative estimate of drug-likeness (QED) is 0.0862. The highest BCUT2D eigenvalue weighted by Gasteiger charge is 2.29. The molecule has 0 aliphatic heterocycles. The van der Waals surface area contributed by atoms with Crippen LogP contribution >= 0.6 is 0 Å². The first kappa shape index (κ1) is 38.6. The van der Waals surface area contributed by atoms with Gasteiger partial charge in [-0.05, 0) is 121 Å². The van der Waals surface area contributed by atoms with Crippen LogP contribution in [0.25, 0.3) is 16.3 Å². The fourth-order valence-electron chi connectivity index (χ4n) is 7.90. The van der Waals surface area contributed by atoms with Gasteiger partial charge in [0.05, 0.1) is 25.4 Å². The van der Waals surface area contributed by atoms with Crippen LogP contribution in [0.15, 0.2) is 66.8 Å². The highest BCUT2D eigenvalue weighted by atomic mass is 16.5. The summed E-state index contributed by atoms with van der Waals surface area (Å²) < 4.78 is 10.8. The Labute approximate surface area is 296 Å². The van der Waals surface area contributed by atoms with E-state index in [2.05, 4.69) is 62.6 Å². The molecule has 0 saturated heterocycles. The number of allylic oxidation sites excluding steroid dienone is 2. The zero-order valence-corrected chi connectivity index (χ0v) is 30.5. The average Bonchev–Trinajstić information content (AvgIpc) is 3.14. The van der Waals surface area contributed by atoms with E-state index in [0.29, 0.717) is 30.9 Å². The topological polar surface area (TPSA) is 72.8 Å². The van der Waals surface area contributed by atoms with Crippen LogP contribution in [0.3, 0.4) is 0 Å². The highest BCUT2D eigenvalue weighted by molar-refractivity contribution is 5.88. The van der Waals surface area contributed by atoms with Crippen LogP contribution < -0.4 is 0 Å². The number of rotatable bonds is 20. The minimum Gasteiger partial charge on any atom is -0.462 e. The fraction of sp³-hybridized carbons (Fsp3) is 0.591. The molecule has 0 bridgehead atoms. The number of aryl methyl sites for hydroxylation is 1. The maximum absolute atomic E-state index is 12.1. The number of unbranched alkanes of at least 4 members (excludes halogenated alkanes) is 2. The number of aliphatic hydroxyl groups excluding tert-OH is 1. The van der Waals surface area contributed by atoms with Crippen molar-refractivity contribution in [2.24, 2.45) is 23.7 Å². The number of aliphatic hydroxyl groups is 1. The Hall–Kier alpha value is -3.18. The van der Waals surface area contributed by atoms with E-state index in [9.17, 15) is 9.59 Å². The van der Waals surface area contributed by atoms with E-state index in [-0.39, 0.29) is 18.1 Å². The van der Waals surface area contributed by atoms with Gasteiger partial charge in [-0.2, -0.15) is 0 Å². The van der Waals surface area contributed by atoms with E-state index in [1.165, 1.54) is 105 Å². The Bertz CT molecular complexity index is 1380. The zero-order chi connectivity index (χ0) is 35.0. The van der Waals surface area contributed by atoms with Crippen molar-refractivity contribution in [2.45, 2.75) is 123 Å². The minimum absolute atomic E-state index is 0.0695. The van der Waals surface area contributed by atoms with E-state index in [1.807, 2.05) is 6.92 Å². The smallest absolute Gasteiger partial charge is 0.335 e. The molecule has 0 aromatic heterocycles. The van der Waals surface area contributed by atoms with Gasteiger partial charge >= 0.3 is 11.9 Å². The Balaban J connectivity index is 1.19. The Morgan fingerprint density at radius 1 is 0.816 bits per heavy atom. The summed E-state index contributed by atoms with van der Waals surface area (Å²) in [7, 11) is 0. The molecule has 4 rings (SSSR count). The number of carbonyl (C=O) groups excluding carboxylic acids is 2. The molecule has 0 spiro atoms. The van der Waals surface area contributed by atoms with Gasteiger partial charge in [0.1, 0.15) is 0 Å². The van der Waals surface area contributed by atoms with Crippen molar-refractivity contribution in [1.29, 1.82) is 0 Å². The molecule has 5 nitrogen and oxygen atoms in total. The molecule has 2 aromatic rings. The van der Waals surface area contributed by atoms with Crippen molar-refractivity contribution in [3.8, 4) is 0 Å². The van der Waals surface area contributed by atoms with Crippen LogP contribution in [0.1, 0.15) is 128 Å². The molecule has 2 unspecified atom stereocenters. The summed E-state index contributed by atoms with van der Waals surface area (Å²) in [5, 5.41) is 11.9. The first-order valence-corrected chi connectivity index (χ1v) is 19.3. The third-order valence-electron chi connectivity index (χ3n) is 11.3. The van der Waals surface area contributed by atoms with Crippen LogP contribution in [0.2, 0.25) is 0 Å². The third-order valence-corrected chi connectivity index (χ3v) is 11.3. The second-order valence-corrected chi connectivity index (χ2v) is 14.8. The van der Waals surface area contributed by atoms with Gasteiger partial charge in [0.25, 0.3) is 0 Å². The molecule has 1 saturated carbocycles. The molecule has 2 aromatic carbocycles. The number of ether oxygens (including phenoxy) is 2. The maximum atomic E-state index is 12.1. The van der Waals surface area contributed by atoms with Crippen LogP contribution in [-0.4, -0.2) is 36.9 Å².